The molecular weight excluding hydrogens is 230 g/mol. The number of nitrogens with zero attached hydrogens (tertiary/aromatic N) is 2. The second kappa shape index (κ2) is 3.98. The van der Waals surface area contributed by atoms with E-state index >= 15 is 0 Å². The lowest BCUT2D eigenvalue weighted by Gasteiger charge is -2.11. The van der Waals surface area contributed by atoms with E-state index in [1.807, 2.05) is 17.8 Å². The summed E-state index contributed by atoms with van der Waals surface area (Å²) in [4.78, 5) is 0. The molecule has 0 bridgehead atoms. The number of thiophene rings is 1. The lowest BCUT2D eigenvalue weighted by atomic mass is 10.0. The number of fused-ring (bicyclic) bond motifs is 1. The quantitative estimate of drug-likeness (QED) is 0.752. The highest BCUT2D eigenvalue weighted by Crippen LogP contribution is 2.31. The predicted octanol–water partition coefficient (Wildman–Crippen LogP) is 2.68. The summed E-state index contributed by atoms with van der Waals surface area (Å²) in [6.45, 7) is 0. The van der Waals surface area contributed by atoms with Crippen molar-refractivity contribution < 1.29 is 0 Å². The first-order valence-electron chi connectivity index (χ1n) is 5.47. The molecule has 0 saturated carbocycles. The van der Waals surface area contributed by atoms with Gasteiger partial charge in [0, 0.05) is 17.9 Å². The Bertz CT molecular complexity index is 653. The molecule has 2 N–H and O–H groups in total. The summed E-state index contributed by atoms with van der Waals surface area (Å²) >= 11 is 1.74. The zero-order chi connectivity index (χ0) is 11.8. The van der Waals surface area contributed by atoms with Crippen molar-refractivity contribution in [3.05, 3.63) is 53.2 Å². The van der Waals surface area contributed by atoms with Crippen LogP contribution in [0, 0.1) is 0 Å². The summed E-state index contributed by atoms with van der Waals surface area (Å²) in [5, 5.41) is 7.55. The van der Waals surface area contributed by atoms with E-state index in [9.17, 15) is 0 Å². The number of benzene rings is 1. The molecule has 2 aromatic heterocycles. The van der Waals surface area contributed by atoms with Gasteiger partial charge in [0.1, 0.15) is 0 Å². The van der Waals surface area contributed by atoms with Crippen LogP contribution in [0.5, 0.6) is 0 Å². The Kier molecular flexibility index (Phi) is 2.46. The molecule has 3 nitrogen and oxygen atoms in total. The van der Waals surface area contributed by atoms with E-state index in [1.165, 1.54) is 15.6 Å². The molecule has 0 amide bonds. The van der Waals surface area contributed by atoms with Gasteiger partial charge in [-0.05, 0) is 28.5 Å². The molecule has 0 radical (unpaired) electrons. The van der Waals surface area contributed by atoms with Crippen LogP contribution in [0.25, 0.3) is 10.1 Å². The first-order valence-corrected chi connectivity index (χ1v) is 6.35. The number of aromatic nitrogens is 2. The number of aryl methyl sites for hydroxylation is 1. The van der Waals surface area contributed by atoms with Crippen LogP contribution in [0.3, 0.4) is 0 Å². The van der Waals surface area contributed by atoms with Crippen LogP contribution in [0.2, 0.25) is 0 Å². The standard InChI is InChI=1S/C13H13N3S/c1-16-11(6-7-15-16)13(14)10-8-17-12-5-3-2-4-9(10)12/h2-8,13H,14H2,1H3. The fourth-order valence-electron chi connectivity index (χ4n) is 2.09. The van der Waals surface area contributed by atoms with Crippen LogP contribution in [-0.4, -0.2) is 9.78 Å². The number of hydrogen-bond donors (Lipinski definition) is 1. The van der Waals surface area contributed by atoms with Crippen LogP contribution in [0.15, 0.2) is 41.9 Å². The smallest absolute Gasteiger partial charge is 0.0737 e. The zero-order valence-corrected chi connectivity index (χ0v) is 10.3. The van der Waals surface area contributed by atoms with Gasteiger partial charge in [0.05, 0.1) is 11.7 Å². The van der Waals surface area contributed by atoms with Crippen molar-refractivity contribution in [2.24, 2.45) is 12.8 Å². The minimum Gasteiger partial charge on any atom is -0.319 e. The molecule has 1 unspecified atom stereocenters. The molecule has 0 spiro atoms. The molecule has 0 fully saturated rings. The molecule has 86 valence electrons. The number of hydrogen-bond acceptors (Lipinski definition) is 3. The molecule has 17 heavy (non-hydrogen) atoms. The Hall–Kier alpha value is -1.65. The van der Waals surface area contributed by atoms with Crippen molar-refractivity contribution >= 4 is 21.4 Å². The van der Waals surface area contributed by atoms with E-state index in [2.05, 4.69) is 34.7 Å². The Morgan fingerprint density at radius 3 is 2.88 bits per heavy atom. The highest BCUT2D eigenvalue weighted by molar-refractivity contribution is 7.17. The lowest BCUT2D eigenvalue weighted by molar-refractivity contribution is 0.676. The van der Waals surface area contributed by atoms with Crippen LogP contribution in [0.4, 0.5) is 0 Å². The highest BCUT2D eigenvalue weighted by atomic mass is 32.1. The average molecular weight is 243 g/mol. The molecular formula is C13H13N3S. The molecule has 1 atom stereocenters. The van der Waals surface area contributed by atoms with Gasteiger partial charge in [0.15, 0.2) is 0 Å². The predicted molar refractivity (Wildman–Crippen MR) is 71.1 cm³/mol. The summed E-state index contributed by atoms with van der Waals surface area (Å²) in [7, 11) is 1.92. The molecule has 0 aliphatic heterocycles. The van der Waals surface area contributed by atoms with Crippen LogP contribution >= 0.6 is 11.3 Å². The number of rotatable bonds is 2. The number of nitrogens with two attached hydrogens (primary N) is 1. The van der Waals surface area contributed by atoms with Crippen molar-refractivity contribution in [3.63, 3.8) is 0 Å². The van der Waals surface area contributed by atoms with E-state index in [4.69, 9.17) is 5.73 Å². The second-order valence-electron chi connectivity index (χ2n) is 4.04. The van der Waals surface area contributed by atoms with Gasteiger partial charge in [-0.3, -0.25) is 4.68 Å². The topological polar surface area (TPSA) is 43.8 Å². The Morgan fingerprint density at radius 2 is 2.12 bits per heavy atom. The van der Waals surface area contributed by atoms with E-state index in [0.717, 1.165) is 5.69 Å². The first-order chi connectivity index (χ1) is 8.27. The highest BCUT2D eigenvalue weighted by Gasteiger charge is 2.16. The Morgan fingerprint density at radius 1 is 1.29 bits per heavy atom. The fraction of sp³-hybridized carbons (Fsp3) is 0.154. The van der Waals surface area contributed by atoms with E-state index in [1.54, 1.807) is 17.5 Å². The normalized spacial score (nSPS) is 13.1. The minimum atomic E-state index is -0.112. The Labute approximate surface area is 103 Å². The maximum absolute atomic E-state index is 6.32. The molecule has 1 aromatic carbocycles. The molecule has 0 saturated heterocycles. The van der Waals surface area contributed by atoms with Crippen molar-refractivity contribution in [1.29, 1.82) is 0 Å². The summed E-state index contributed by atoms with van der Waals surface area (Å²) in [5.41, 5.74) is 8.53. The van der Waals surface area contributed by atoms with Crippen LogP contribution in [-0.2, 0) is 7.05 Å². The third kappa shape index (κ3) is 1.66. The van der Waals surface area contributed by atoms with Gasteiger partial charge in [-0.15, -0.1) is 11.3 Å². The van der Waals surface area contributed by atoms with Gasteiger partial charge in [-0.1, -0.05) is 18.2 Å². The van der Waals surface area contributed by atoms with E-state index in [0.29, 0.717) is 0 Å². The molecule has 0 aliphatic rings. The largest absolute Gasteiger partial charge is 0.319 e. The molecule has 2 heterocycles. The van der Waals surface area contributed by atoms with Crippen molar-refractivity contribution in [2.45, 2.75) is 6.04 Å². The fourth-order valence-corrected chi connectivity index (χ4v) is 3.09. The minimum absolute atomic E-state index is 0.112. The van der Waals surface area contributed by atoms with Crippen molar-refractivity contribution in [2.75, 3.05) is 0 Å². The molecule has 4 heteroatoms. The average Bonchev–Trinajstić information content (AvgIpc) is 2.94. The van der Waals surface area contributed by atoms with Crippen LogP contribution in [0.1, 0.15) is 17.3 Å². The maximum Gasteiger partial charge on any atom is 0.0737 e. The summed E-state index contributed by atoms with van der Waals surface area (Å²) in [5.74, 6) is 0. The van der Waals surface area contributed by atoms with Gasteiger partial charge in [0.25, 0.3) is 0 Å². The third-order valence-electron chi connectivity index (χ3n) is 3.02. The second-order valence-corrected chi connectivity index (χ2v) is 4.96. The molecule has 3 aromatic rings. The van der Waals surface area contributed by atoms with E-state index in [-0.39, 0.29) is 6.04 Å². The lowest BCUT2D eigenvalue weighted by Crippen LogP contribution is -2.15. The summed E-state index contributed by atoms with van der Waals surface area (Å²) in [6.07, 6.45) is 1.78. The third-order valence-corrected chi connectivity index (χ3v) is 4.01. The summed E-state index contributed by atoms with van der Waals surface area (Å²) in [6, 6.07) is 10.2. The van der Waals surface area contributed by atoms with Crippen molar-refractivity contribution in [3.8, 4) is 0 Å². The van der Waals surface area contributed by atoms with E-state index < -0.39 is 0 Å². The monoisotopic (exact) mass is 243 g/mol. The maximum atomic E-state index is 6.32. The van der Waals surface area contributed by atoms with Gasteiger partial charge in [-0.25, -0.2) is 0 Å². The first kappa shape index (κ1) is 10.5. The van der Waals surface area contributed by atoms with Gasteiger partial charge < -0.3 is 5.73 Å². The molecule has 3 rings (SSSR count). The van der Waals surface area contributed by atoms with Crippen molar-refractivity contribution in [1.82, 2.24) is 9.78 Å². The Balaban J connectivity index is 2.13. The van der Waals surface area contributed by atoms with Crippen LogP contribution < -0.4 is 5.73 Å². The molecule has 0 aliphatic carbocycles. The van der Waals surface area contributed by atoms with Gasteiger partial charge in [0.2, 0.25) is 0 Å². The SMILES string of the molecule is Cn1nccc1C(N)c1csc2ccccc12. The van der Waals surface area contributed by atoms with Gasteiger partial charge >= 0.3 is 0 Å². The summed E-state index contributed by atoms with van der Waals surface area (Å²) < 4.78 is 3.11. The van der Waals surface area contributed by atoms with Gasteiger partial charge in [-0.2, -0.15) is 5.10 Å². The zero-order valence-electron chi connectivity index (χ0n) is 9.50.